The van der Waals surface area contributed by atoms with Gasteiger partial charge in [0.05, 0.1) is 40.3 Å². The summed E-state index contributed by atoms with van der Waals surface area (Å²) < 4.78 is 0. The van der Waals surface area contributed by atoms with Crippen LogP contribution in [0.5, 0.6) is 0 Å². The molecule has 9 heteroatoms. The molecule has 0 spiro atoms. The molecule has 1 amide bonds. The standard InChI is InChI=1S/C26H21N7OS/c1-3-23(34)29-16-9-15(11-27-12-16)20-10-18-21(13-28-20)32-33-25(18)26-30-19-6-4-5-17(24(19)31-26)22-8-7-14(2)35-22/h4-13H,3H2,1-2H3,(H,29,34)(H,30,31)(H,32,33). The highest BCUT2D eigenvalue weighted by Crippen LogP contribution is 2.35. The molecule has 6 aromatic rings. The lowest BCUT2D eigenvalue weighted by Crippen LogP contribution is -2.09. The molecule has 0 radical (unpaired) electrons. The van der Waals surface area contributed by atoms with Gasteiger partial charge in [0.15, 0.2) is 5.82 Å². The van der Waals surface area contributed by atoms with Crippen molar-refractivity contribution < 1.29 is 4.79 Å². The minimum absolute atomic E-state index is 0.0635. The van der Waals surface area contributed by atoms with E-state index in [0.29, 0.717) is 17.9 Å². The van der Waals surface area contributed by atoms with Gasteiger partial charge < -0.3 is 10.3 Å². The zero-order valence-corrected chi connectivity index (χ0v) is 19.9. The van der Waals surface area contributed by atoms with E-state index in [1.54, 1.807) is 29.9 Å². The number of carbonyl (C=O) groups is 1. The number of anilines is 1. The number of carbonyl (C=O) groups excluding carboxylic acids is 1. The summed E-state index contributed by atoms with van der Waals surface area (Å²) >= 11 is 1.75. The van der Waals surface area contributed by atoms with E-state index in [2.05, 4.69) is 55.6 Å². The summed E-state index contributed by atoms with van der Waals surface area (Å²) in [5.74, 6) is 0.623. The fourth-order valence-corrected chi connectivity index (χ4v) is 4.97. The number of nitrogens with one attached hydrogen (secondary N) is 3. The molecule has 5 heterocycles. The summed E-state index contributed by atoms with van der Waals surface area (Å²) in [5.41, 5.74) is 6.66. The van der Waals surface area contributed by atoms with Crippen molar-refractivity contribution in [2.24, 2.45) is 0 Å². The number of amides is 1. The number of hydrogen-bond donors (Lipinski definition) is 3. The number of pyridine rings is 2. The molecule has 172 valence electrons. The average Bonchev–Trinajstić information content (AvgIpc) is 3.61. The zero-order chi connectivity index (χ0) is 23.9. The number of thiophene rings is 1. The molecule has 0 saturated carbocycles. The van der Waals surface area contributed by atoms with Gasteiger partial charge in [-0.2, -0.15) is 5.10 Å². The van der Waals surface area contributed by atoms with Crippen LogP contribution < -0.4 is 5.32 Å². The van der Waals surface area contributed by atoms with E-state index in [-0.39, 0.29) is 5.91 Å². The van der Waals surface area contributed by atoms with Crippen LogP contribution in [0.25, 0.3) is 55.2 Å². The molecule has 0 bridgehead atoms. The van der Waals surface area contributed by atoms with Crippen LogP contribution in [0, 0.1) is 6.92 Å². The lowest BCUT2D eigenvalue weighted by molar-refractivity contribution is -0.115. The first-order valence-electron chi connectivity index (χ1n) is 11.2. The number of aromatic amines is 2. The molecule has 1 aromatic carbocycles. The van der Waals surface area contributed by atoms with Gasteiger partial charge in [0.25, 0.3) is 0 Å². The predicted octanol–water partition coefficient (Wildman–Crippen LogP) is 5.95. The number of aryl methyl sites for hydroxylation is 1. The maximum Gasteiger partial charge on any atom is 0.224 e. The molecule has 8 nitrogen and oxygen atoms in total. The van der Waals surface area contributed by atoms with Crippen molar-refractivity contribution in [2.45, 2.75) is 20.3 Å². The van der Waals surface area contributed by atoms with Gasteiger partial charge >= 0.3 is 0 Å². The third-order valence-electron chi connectivity index (χ3n) is 5.83. The van der Waals surface area contributed by atoms with Crippen molar-refractivity contribution in [3.63, 3.8) is 0 Å². The highest BCUT2D eigenvalue weighted by atomic mass is 32.1. The number of aromatic nitrogens is 6. The second kappa shape index (κ2) is 8.44. The first-order chi connectivity index (χ1) is 17.1. The summed E-state index contributed by atoms with van der Waals surface area (Å²) in [5, 5.41) is 11.3. The number of H-pyrrole nitrogens is 2. The van der Waals surface area contributed by atoms with Gasteiger partial charge in [-0.15, -0.1) is 11.3 Å². The molecule has 0 fully saturated rings. The zero-order valence-electron chi connectivity index (χ0n) is 19.1. The number of rotatable bonds is 5. The Bertz CT molecular complexity index is 1710. The Kier molecular flexibility index (Phi) is 5.11. The SMILES string of the molecule is CCC(=O)Nc1cncc(-c2cc3c(-c4nc5c(-c6ccc(C)s6)cccc5[nH]4)n[nH]c3cn2)c1. The number of nitrogens with zero attached hydrogens (tertiary/aromatic N) is 4. The summed E-state index contributed by atoms with van der Waals surface area (Å²) in [7, 11) is 0. The van der Waals surface area contributed by atoms with Crippen LogP contribution in [0.15, 0.2) is 61.1 Å². The predicted molar refractivity (Wildman–Crippen MR) is 139 cm³/mol. The van der Waals surface area contributed by atoms with E-state index >= 15 is 0 Å². The monoisotopic (exact) mass is 479 g/mol. The largest absolute Gasteiger partial charge is 0.337 e. The van der Waals surface area contributed by atoms with Gasteiger partial charge in [0, 0.05) is 38.9 Å². The lowest BCUT2D eigenvalue weighted by Gasteiger charge is -2.06. The average molecular weight is 480 g/mol. The molecular formula is C26H21N7OS. The van der Waals surface area contributed by atoms with Gasteiger partial charge in [-0.25, -0.2) is 4.98 Å². The van der Waals surface area contributed by atoms with Crippen LogP contribution in [-0.2, 0) is 4.79 Å². The van der Waals surface area contributed by atoms with Crippen molar-refractivity contribution in [2.75, 3.05) is 5.32 Å². The summed E-state index contributed by atoms with van der Waals surface area (Å²) in [6.45, 7) is 3.92. The van der Waals surface area contributed by atoms with Crippen molar-refractivity contribution in [1.82, 2.24) is 30.1 Å². The second-order valence-electron chi connectivity index (χ2n) is 8.25. The van der Waals surface area contributed by atoms with E-state index in [1.807, 2.05) is 31.2 Å². The fraction of sp³-hybridized carbons (Fsp3) is 0.115. The normalized spacial score (nSPS) is 11.4. The number of para-hydroxylation sites is 1. The Morgan fingerprint density at radius 1 is 1.09 bits per heavy atom. The van der Waals surface area contributed by atoms with Crippen LogP contribution >= 0.6 is 11.3 Å². The summed E-state index contributed by atoms with van der Waals surface area (Å²) in [6.07, 6.45) is 5.51. The van der Waals surface area contributed by atoms with E-state index in [0.717, 1.165) is 44.5 Å². The Morgan fingerprint density at radius 2 is 2.00 bits per heavy atom. The van der Waals surface area contributed by atoms with Crippen molar-refractivity contribution in [1.29, 1.82) is 0 Å². The molecular weight excluding hydrogens is 458 g/mol. The van der Waals surface area contributed by atoms with Crippen LogP contribution in [0.3, 0.4) is 0 Å². The van der Waals surface area contributed by atoms with Crippen molar-refractivity contribution in [3.05, 3.63) is 65.9 Å². The molecule has 0 unspecified atom stereocenters. The topological polar surface area (TPSA) is 112 Å². The molecule has 35 heavy (non-hydrogen) atoms. The third kappa shape index (κ3) is 3.85. The van der Waals surface area contributed by atoms with Gasteiger partial charge in [-0.05, 0) is 37.3 Å². The highest BCUT2D eigenvalue weighted by Gasteiger charge is 2.17. The number of benzene rings is 1. The molecule has 3 N–H and O–H groups in total. The minimum atomic E-state index is -0.0635. The number of imidazole rings is 1. The van der Waals surface area contributed by atoms with E-state index < -0.39 is 0 Å². The Labute approximate surface area is 204 Å². The molecule has 0 atom stereocenters. The fourth-order valence-electron chi connectivity index (χ4n) is 4.08. The summed E-state index contributed by atoms with van der Waals surface area (Å²) in [4.78, 5) is 31.4. The maximum absolute atomic E-state index is 11.8. The van der Waals surface area contributed by atoms with Crippen LogP contribution in [0.1, 0.15) is 18.2 Å². The first-order valence-corrected chi connectivity index (χ1v) is 12.1. The van der Waals surface area contributed by atoms with E-state index in [4.69, 9.17) is 4.98 Å². The maximum atomic E-state index is 11.8. The van der Waals surface area contributed by atoms with Gasteiger partial charge in [-0.1, -0.05) is 19.1 Å². The van der Waals surface area contributed by atoms with Crippen molar-refractivity contribution in [3.8, 4) is 33.2 Å². The Morgan fingerprint density at radius 3 is 2.83 bits per heavy atom. The van der Waals surface area contributed by atoms with Crippen LogP contribution in [0.2, 0.25) is 0 Å². The van der Waals surface area contributed by atoms with Gasteiger partial charge in [0.1, 0.15) is 5.69 Å². The second-order valence-corrected chi connectivity index (χ2v) is 9.54. The van der Waals surface area contributed by atoms with Crippen molar-refractivity contribution >= 4 is 44.9 Å². The smallest absolute Gasteiger partial charge is 0.224 e. The van der Waals surface area contributed by atoms with Crippen LogP contribution in [0.4, 0.5) is 5.69 Å². The molecule has 0 saturated heterocycles. The highest BCUT2D eigenvalue weighted by molar-refractivity contribution is 7.15. The minimum Gasteiger partial charge on any atom is -0.337 e. The molecule has 0 aliphatic heterocycles. The van der Waals surface area contributed by atoms with Gasteiger partial charge in [-0.3, -0.25) is 19.9 Å². The Hall–Kier alpha value is -4.37. The number of fused-ring (bicyclic) bond motifs is 2. The lowest BCUT2D eigenvalue weighted by atomic mass is 10.1. The number of hydrogen-bond acceptors (Lipinski definition) is 6. The first kappa shape index (κ1) is 21.2. The Balaban J connectivity index is 1.43. The molecule has 0 aliphatic carbocycles. The van der Waals surface area contributed by atoms with E-state index in [1.165, 1.54) is 9.75 Å². The summed E-state index contributed by atoms with van der Waals surface area (Å²) in [6, 6.07) is 14.3. The van der Waals surface area contributed by atoms with Crippen LogP contribution in [-0.4, -0.2) is 36.0 Å². The molecule has 0 aliphatic rings. The van der Waals surface area contributed by atoms with E-state index in [9.17, 15) is 4.79 Å². The quantitative estimate of drug-likeness (QED) is 0.283. The van der Waals surface area contributed by atoms with Gasteiger partial charge in [0.2, 0.25) is 5.91 Å². The molecule has 6 rings (SSSR count). The third-order valence-corrected chi connectivity index (χ3v) is 6.86. The molecule has 5 aromatic heterocycles.